The van der Waals surface area contributed by atoms with E-state index in [0.29, 0.717) is 16.9 Å². The molecule has 2 rings (SSSR count). The minimum atomic E-state index is -0.554. The molecule has 15 heavy (non-hydrogen) atoms. The van der Waals surface area contributed by atoms with Gasteiger partial charge < -0.3 is 14.6 Å². The van der Waals surface area contributed by atoms with Crippen molar-refractivity contribution in [3.63, 3.8) is 0 Å². The zero-order valence-corrected chi connectivity index (χ0v) is 8.61. The summed E-state index contributed by atoms with van der Waals surface area (Å²) in [6.07, 6.45) is -0.554. The highest BCUT2D eigenvalue weighted by Gasteiger charge is 2.34. The Hall–Kier alpha value is -1.55. The number of fused-ring (bicyclic) bond motifs is 1. The van der Waals surface area contributed by atoms with Gasteiger partial charge in [0.25, 0.3) is 0 Å². The van der Waals surface area contributed by atoms with Crippen molar-refractivity contribution in [2.75, 3.05) is 13.7 Å². The average Bonchev–Trinajstić information content (AvgIpc) is 2.56. The number of hydrogen-bond donors (Lipinski definition) is 1. The summed E-state index contributed by atoms with van der Waals surface area (Å²) in [5, 5.41) is 9.05. The summed E-state index contributed by atoms with van der Waals surface area (Å²) < 4.78 is 10.2. The Kier molecular flexibility index (Phi) is 2.36. The third-order valence-electron chi connectivity index (χ3n) is 2.56. The molecule has 0 radical (unpaired) electrons. The molecule has 1 atom stereocenters. The molecule has 1 aromatic rings. The van der Waals surface area contributed by atoms with Gasteiger partial charge in [-0.25, -0.2) is 4.79 Å². The molecule has 1 aliphatic rings. The van der Waals surface area contributed by atoms with Crippen molar-refractivity contribution >= 4 is 5.97 Å². The number of rotatable bonds is 2. The number of aliphatic hydroxyl groups excluding tert-OH is 1. The van der Waals surface area contributed by atoms with Gasteiger partial charge in [-0.3, -0.25) is 0 Å². The molecule has 0 spiro atoms. The van der Waals surface area contributed by atoms with Gasteiger partial charge in [-0.1, -0.05) is 12.1 Å². The summed E-state index contributed by atoms with van der Waals surface area (Å²) in [5.41, 5.74) is 2.02. The number of benzene rings is 1. The topological polar surface area (TPSA) is 55.8 Å². The Morgan fingerprint density at radius 3 is 2.87 bits per heavy atom. The van der Waals surface area contributed by atoms with Crippen LogP contribution in [0.1, 0.15) is 27.6 Å². The molecule has 0 saturated heterocycles. The second kappa shape index (κ2) is 3.55. The summed E-state index contributed by atoms with van der Waals surface area (Å²) in [7, 11) is 1.52. The van der Waals surface area contributed by atoms with Crippen LogP contribution in [0.3, 0.4) is 0 Å². The first-order valence-corrected chi connectivity index (χ1v) is 4.68. The lowest BCUT2D eigenvalue weighted by atomic mass is 10.0. The van der Waals surface area contributed by atoms with E-state index >= 15 is 0 Å². The highest BCUT2D eigenvalue weighted by Crippen LogP contribution is 2.37. The fourth-order valence-electron chi connectivity index (χ4n) is 1.83. The Morgan fingerprint density at radius 1 is 1.53 bits per heavy atom. The van der Waals surface area contributed by atoms with Crippen molar-refractivity contribution in [1.82, 2.24) is 0 Å². The van der Waals surface area contributed by atoms with E-state index in [9.17, 15) is 4.79 Å². The third-order valence-corrected chi connectivity index (χ3v) is 2.56. The quantitative estimate of drug-likeness (QED) is 0.742. The van der Waals surface area contributed by atoms with Gasteiger partial charge in [0.15, 0.2) is 6.10 Å². The van der Waals surface area contributed by atoms with Gasteiger partial charge in [0.2, 0.25) is 0 Å². The number of carbonyl (C=O) groups is 1. The van der Waals surface area contributed by atoms with Crippen LogP contribution in [0, 0.1) is 6.92 Å². The number of esters is 1. The first-order chi connectivity index (χ1) is 7.19. The second-order valence-corrected chi connectivity index (χ2v) is 3.46. The molecule has 1 N–H and O–H groups in total. The summed E-state index contributed by atoms with van der Waals surface area (Å²) in [5.74, 6) is 0.109. The number of hydrogen-bond acceptors (Lipinski definition) is 4. The predicted octanol–water partition coefficient (Wildman–Crippen LogP) is 1.21. The van der Waals surface area contributed by atoms with E-state index in [0.717, 1.165) is 5.56 Å². The van der Waals surface area contributed by atoms with Crippen LogP contribution in [0.25, 0.3) is 0 Å². The molecule has 4 nitrogen and oxygen atoms in total. The molecular formula is C11H12O4. The number of ether oxygens (including phenoxy) is 2. The minimum Gasteiger partial charge on any atom is -0.496 e. The Balaban J connectivity index is 2.62. The standard InChI is InChI=1S/C11H12O4/c1-6-3-4-7-8(5-12)15-11(13)9(7)10(6)14-2/h3-4,8,12H,5H2,1-2H3. The maximum Gasteiger partial charge on any atom is 0.343 e. The first kappa shape index (κ1) is 9.98. The summed E-state index contributed by atoms with van der Waals surface area (Å²) in [6, 6.07) is 3.64. The predicted molar refractivity (Wildman–Crippen MR) is 53.0 cm³/mol. The van der Waals surface area contributed by atoms with Gasteiger partial charge in [-0.15, -0.1) is 0 Å². The molecule has 80 valence electrons. The lowest BCUT2D eigenvalue weighted by molar-refractivity contribution is 0.0234. The Morgan fingerprint density at radius 2 is 2.27 bits per heavy atom. The lowest BCUT2D eigenvalue weighted by Crippen LogP contribution is -2.02. The normalized spacial score (nSPS) is 18.6. The van der Waals surface area contributed by atoms with Crippen LogP contribution in [0.15, 0.2) is 12.1 Å². The molecule has 0 saturated carbocycles. The molecule has 0 fully saturated rings. The fourth-order valence-corrected chi connectivity index (χ4v) is 1.83. The van der Waals surface area contributed by atoms with Gasteiger partial charge in [-0.2, -0.15) is 0 Å². The second-order valence-electron chi connectivity index (χ2n) is 3.46. The van der Waals surface area contributed by atoms with E-state index in [1.807, 2.05) is 13.0 Å². The maximum atomic E-state index is 11.6. The van der Waals surface area contributed by atoms with Crippen LogP contribution >= 0.6 is 0 Å². The summed E-state index contributed by atoms with van der Waals surface area (Å²) in [4.78, 5) is 11.6. The number of aryl methyl sites for hydroxylation is 1. The SMILES string of the molecule is COc1c(C)ccc2c1C(=O)OC2CO. The average molecular weight is 208 g/mol. The van der Waals surface area contributed by atoms with Crippen LogP contribution in [0.4, 0.5) is 0 Å². The van der Waals surface area contributed by atoms with Crippen molar-refractivity contribution < 1.29 is 19.4 Å². The number of aliphatic hydroxyl groups is 1. The zero-order chi connectivity index (χ0) is 11.0. The van der Waals surface area contributed by atoms with Crippen molar-refractivity contribution in [2.24, 2.45) is 0 Å². The molecule has 0 aromatic heterocycles. The van der Waals surface area contributed by atoms with E-state index in [1.165, 1.54) is 7.11 Å². The number of methoxy groups -OCH3 is 1. The van der Waals surface area contributed by atoms with E-state index in [4.69, 9.17) is 14.6 Å². The van der Waals surface area contributed by atoms with Gasteiger partial charge >= 0.3 is 5.97 Å². The van der Waals surface area contributed by atoms with Crippen molar-refractivity contribution in [3.05, 3.63) is 28.8 Å². The lowest BCUT2D eigenvalue weighted by Gasteiger charge is -2.08. The largest absolute Gasteiger partial charge is 0.496 e. The van der Waals surface area contributed by atoms with E-state index < -0.39 is 12.1 Å². The van der Waals surface area contributed by atoms with Crippen LogP contribution in [-0.4, -0.2) is 24.8 Å². The third kappa shape index (κ3) is 1.37. The van der Waals surface area contributed by atoms with Crippen molar-refractivity contribution in [2.45, 2.75) is 13.0 Å². The Labute approximate surface area is 87.4 Å². The van der Waals surface area contributed by atoms with Crippen molar-refractivity contribution in [3.8, 4) is 5.75 Å². The van der Waals surface area contributed by atoms with Gasteiger partial charge in [0.1, 0.15) is 11.3 Å². The molecule has 1 heterocycles. The van der Waals surface area contributed by atoms with E-state index in [1.54, 1.807) is 6.07 Å². The molecule has 0 aliphatic carbocycles. The number of carbonyl (C=O) groups excluding carboxylic acids is 1. The Bertz CT molecular complexity index is 411. The monoisotopic (exact) mass is 208 g/mol. The minimum absolute atomic E-state index is 0.203. The molecule has 1 aliphatic heterocycles. The summed E-state index contributed by atoms with van der Waals surface area (Å²) in [6.45, 7) is 1.66. The molecule has 1 aromatic carbocycles. The highest BCUT2D eigenvalue weighted by atomic mass is 16.6. The van der Waals surface area contributed by atoms with Crippen LogP contribution in [0.5, 0.6) is 5.75 Å². The van der Waals surface area contributed by atoms with Crippen LogP contribution in [0.2, 0.25) is 0 Å². The van der Waals surface area contributed by atoms with Crippen molar-refractivity contribution in [1.29, 1.82) is 0 Å². The fraction of sp³-hybridized carbons (Fsp3) is 0.364. The highest BCUT2D eigenvalue weighted by molar-refractivity contribution is 5.97. The molecule has 4 heteroatoms. The maximum absolute atomic E-state index is 11.6. The molecule has 1 unspecified atom stereocenters. The zero-order valence-electron chi connectivity index (χ0n) is 8.61. The van der Waals surface area contributed by atoms with Gasteiger partial charge in [0.05, 0.1) is 13.7 Å². The molecule has 0 amide bonds. The first-order valence-electron chi connectivity index (χ1n) is 4.68. The van der Waals surface area contributed by atoms with E-state index in [2.05, 4.69) is 0 Å². The smallest absolute Gasteiger partial charge is 0.343 e. The van der Waals surface area contributed by atoms with Crippen LogP contribution in [-0.2, 0) is 4.74 Å². The number of cyclic esters (lactones) is 1. The van der Waals surface area contributed by atoms with Gasteiger partial charge in [-0.05, 0) is 12.5 Å². The van der Waals surface area contributed by atoms with E-state index in [-0.39, 0.29) is 6.61 Å². The summed E-state index contributed by atoms with van der Waals surface area (Å²) >= 11 is 0. The molecule has 0 bridgehead atoms. The van der Waals surface area contributed by atoms with Crippen LogP contribution < -0.4 is 4.74 Å². The molecular weight excluding hydrogens is 196 g/mol. The van der Waals surface area contributed by atoms with Gasteiger partial charge in [0, 0.05) is 5.56 Å².